The highest BCUT2D eigenvalue weighted by Crippen LogP contribution is 2.14. The Morgan fingerprint density at radius 2 is 2.07 bits per heavy atom. The lowest BCUT2D eigenvalue weighted by molar-refractivity contribution is 0.297. The van der Waals surface area contributed by atoms with Gasteiger partial charge in [-0.3, -0.25) is 0 Å². The van der Waals surface area contributed by atoms with Crippen molar-refractivity contribution in [3.05, 3.63) is 29.8 Å². The van der Waals surface area contributed by atoms with Crippen LogP contribution in [-0.2, 0) is 6.42 Å². The highest BCUT2D eigenvalue weighted by Gasteiger charge is 1.97. The van der Waals surface area contributed by atoms with E-state index in [0.717, 1.165) is 31.1 Å². The van der Waals surface area contributed by atoms with Crippen LogP contribution in [0, 0.1) is 5.92 Å². The zero-order valence-electron chi connectivity index (χ0n) is 10.1. The van der Waals surface area contributed by atoms with Crippen LogP contribution in [0.4, 0.5) is 0 Å². The van der Waals surface area contributed by atoms with Crippen LogP contribution in [0.5, 0.6) is 5.75 Å². The Morgan fingerprint density at radius 3 is 2.73 bits per heavy atom. The molecule has 0 aliphatic carbocycles. The molecule has 0 saturated heterocycles. The predicted molar refractivity (Wildman–Crippen MR) is 65.4 cm³/mol. The van der Waals surface area contributed by atoms with Crippen LogP contribution in [0.25, 0.3) is 0 Å². The number of hydrogen-bond acceptors (Lipinski definition) is 1. The highest BCUT2D eigenvalue weighted by molar-refractivity contribution is 5.28. The van der Waals surface area contributed by atoms with Gasteiger partial charge >= 0.3 is 0 Å². The second-order valence-corrected chi connectivity index (χ2v) is 4.39. The Hall–Kier alpha value is -0.980. The van der Waals surface area contributed by atoms with E-state index in [1.165, 1.54) is 12.0 Å². The molecule has 0 aliphatic heterocycles. The second kappa shape index (κ2) is 6.49. The van der Waals surface area contributed by atoms with E-state index in [0.29, 0.717) is 0 Å². The van der Waals surface area contributed by atoms with Crippen molar-refractivity contribution in [2.75, 3.05) is 6.61 Å². The maximum Gasteiger partial charge on any atom is 0.119 e. The Labute approximate surface area is 93.5 Å². The number of ether oxygens (including phenoxy) is 1. The molecule has 0 fully saturated rings. The molecule has 1 nitrogen and oxygen atoms in total. The molecule has 0 atom stereocenters. The quantitative estimate of drug-likeness (QED) is 0.638. The minimum atomic E-state index is 0.774. The number of rotatable bonds is 6. The normalized spacial score (nSPS) is 10.7. The standard InChI is InChI=1S/C14H22O/c1-4-13-8-5-9-14(11-13)15-10-6-7-12(2)3/h5,8-9,11-12H,4,6-7,10H2,1-3H3. The van der Waals surface area contributed by atoms with Crippen LogP contribution in [0.2, 0.25) is 0 Å². The largest absolute Gasteiger partial charge is 0.494 e. The van der Waals surface area contributed by atoms with Crippen LogP contribution in [0.1, 0.15) is 39.2 Å². The molecule has 1 aromatic rings. The molecular weight excluding hydrogens is 184 g/mol. The Balaban J connectivity index is 2.30. The Kier molecular flexibility index (Phi) is 5.23. The van der Waals surface area contributed by atoms with E-state index in [4.69, 9.17) is 4.74 Å². The zero-order chi connectivity index (χ0) is 11.1. The van der Waals surface area contributed by atoms with Crippen molar-refractivity contribution in [2.45, 2.75) is 40.0 Å². The summed E-state index contributed by atoms with van der Waals surface area (Å²) in [4.78, 5) is 0. The maximum absolute atomic E-state index is 5.70. The topological polar surface area (TPSA) is 9.23 Å². The molecule has 0 unspecified atom stereocenters. The molecule has 0 aliphatic rings. The first kappa shape index (κ1) is 12.1. The van der Waals surface area contributed by atoms with Crippen molar-refractivity contribution >= 4 is 0 Å². The fourth-order valence-electron chi connectivity index (χ4n) is 1.54. The second-order valence-electron chi connectivity index (χ2n) is 4.39. The van der Waals surface area contributed by atoms with Gasteiger partial charge in [-0.15, -0.1) is 0 Å². The molecule has 84 valence electrons. The number of benzene rings is 1. The van der Waals surface area contributed by atoms with Crippen LogP contribution >= 0.6 is 0 Å². The average Bonchev–Trinajstić information content (AvgIpc) is 2.24. The molecule has 0 bridgehead atoms. The van der Waals surface area contributed by atoms with E-state index in [9.17, 15) is 0 Å². The summed E-state index contributed by atoms with van der Waals surface area (Å²) in [5.74, 6) is 1.79. The summed E-state index contributed by atoms with van der Waals surface area (Å²) in [7, 11) is 0. The summed E-state index contributed by atoms with van der Waals surface area (Å²) in [6.45, 7) is 7.50. The number of aryl methyl sites for hydroxylation is 1. The van der Waals surface area contributed by atoms with Crippen molar-refractivity contribution in [2.24, 2.45) is 5.92 Å². The van der Waals surface area contributed by atoms with Gasteiger partial charge in [-0.05, 0) is 42.9 Å². The molecule has 1 aromatic carbocycles. The fraction of sp³-hybridized carbons (Fsp3) is 0.571. The molecule has 1 heteroatoms. The van der Waals surface area contributed by atoms with Gasteiger partial charge in [-0.1, -0.05) is 32.9 Å². The van der Waals surface area contributed by atoms with Gasteiger partial charge in [0.05, 0.1) is 6.61 Å². The van der Waals surface area contributed by atoms with Crippen LogP contribution < -0.4 is 4.74 Å². The molecule has 15 heavy (non-hydrogen) atoms. The third-order valence-corrected chi connectivity index (χ3v) is 2.50. The van der Waals surface area contributed by atoms with Crippen molar-refractivity contribution < 1.29 is 4.74 Å². The molecule has 0 spiro atoms. The van der Waals surface area contributed by atoms with E-state index in [1.54, 1.807) is 0 Å². The van der Waals surface area contributed by atoms with E-state index in [2.05, 4.69) is 39.0 Å². The molecule has 1 rings (SSSR count). The summed E-state index contributed by atoms with van der Waals surface area (Å²) < 4.78 is 5.70. The van der Waals surface area contributed by atoms with Gasteiger partial charge < -0.3 is 4.74 Å². The fourth-order valence-corrected chi connectivity index (χ4v) is 1.54. The minimum Gasteiger partial charge on any atom is -0.494 e. The van der Waals surface area contributed by atoms with E-state index >= 15 is 0 Å². The first-order valence-corrected chi connectivity index (χ1v) is 5.94. The maximum atomic E-state index is 5.70. The van der Waals surface area contributed by atoms with E-state index in [1.807, 2.05) is 6.07 Å². The lowest BCUT2D eigenvalue weighted by Crippen LogP contribution is -1.99. The van der Waals surface area contributed by atoms with Gasteiger partial charge in [0.25, 0.3) is 0 Å². The van der Waals surface area contributed by atoms with E-state index < -0.39 is 0 Å². The number of hydrogen-bond donors (Lipinski definition) is 0. The third-order valence-electron chi connectivity index (χ3n) is 2.50. The summed E-state index contributed by atoms with van der Waals surface area (Å²) in [5.41, 5.74) is 1.34. The van der Waals surface area contributed by atoms with Gasteiger partial charge in [-0.2, -0.15) is 0 Å². The highest BCUT2D eigenvalue weighted by atomic mass is 16.5. The van der Waals surface area contributed by atoms with Crippen LogP contribution in [0.3, 0.4) is 0 Å². The molecule has 0 amide bonds. The zero-order valence-corrected chi connectivity index (χ0v) is 10.1. The van der Waals surface area contributed by atoms with Crippen molar-refractivity contribution in [3.63, 3.8) is 0 Å². The Morgan fingerprint density at radius 1 is 1.27 bits per heavy atom. The lowest BCUT2D eigenvalue weighted by Gasteiger charge is -2.08. The van der Waals surface area contributed by atoms with Crippen molar-refractivity contribution in [1.29, 1.82) is 0 Å². The SMILES string of the molecule is CCc1cccc(OCCCC(C)C)c1. The van der Waals surface area contributed by atoms with Crippen LogP contribution in [-0.4, -0.2) is 6.61 Å². The molecule has 0 N–H and O–H groups in total. The summed E-state index contributed by atoms with van der Waals surface area (Å²) in [5, 5.41) is 0. The summed E-state index contributed by atoms with van der Waals surface area (Å²) in [6, 6.07) is 8.38. The minimum absolute atomic E-state index is 0.774. The third kappa shape index (κ3) is 4.87. The van der Waals surface area contributed by atoms with E-state index in [-0.39, 0.29) is 0 Å². The first-order chi connectivity index (χ1) is 7.22. The molecule has 0 heterocycles. The average molecular weight is 206 g/mol. The van der Waals surface area contributed by atoms with Gasteiger partial charge in [0, 0.05) is 0 Å². The monoisotopic (exact) mass is 206 g/mol. The Bertz CT molecular complexity index is 278. The van der Waals surface area contributed by atoms with Gasteiger partial charge in [0.2, 0.25) is 0 Å². The molecule has 0 saturated carbocycles. The first-order valence-electron chi connectivity index (χ1n) is 5.94. The summed E-state index contributed by atoms with van der Waals surface area (Å²) >= 11 is 0. The van der Waals surface area contributed by atoms with Gasteiger partial charge in [-0.25, -0.2) is 0 Å². The molecular formula is C14H22O. The van der Waals surface area contributed by atoms with Gasteiger partial charge in [0.15, 0.2) is 0 Å². The summed E-state index contributed by atoms with van der Waals surface area (Å²) in [6.07, 6.45) is 3.46. The molecule has 0 radical (unpaired) electrons. The molecule has 0 aromatic heterocycles. The lowest BCUT2D eigenvalue weighted by atomic mass is 10.1. The van der Waals surface area contributed by atoms with Crippen molar-refractivity contribution in [3.8, 4) is 5.75 Å². The smallest absolute Gasteiger partial charge is 0.119 e. The van der Waals surface area contributed by atoms with Gasteiger partial charge in [0.1, 0.15) is 5.75 Å². The van der Waals surface area contributed by atoms with Crippen LogP contribution in [0.15, 0.2) is 24.3 Å². The van der Waals surface area contributed by atoms with Crippen molar-refractivity contribution in [1.82, 2.24) is 0 Å². The predicted octanol–water partition coefficient (Wildman–Crippen LogP) is 4.06.